The van der Waals surface area contributed by atoms with Gasteiger partial charge in [-0.3, -0.25) is 4.79 Å². The Morgan fingerprint density at radius 1 is 1.38 bits per heavy atom. The lowest BCUT2D eigenvalue weighted by molar-refractivity contribution is -0.117. The van der Waals surface area contributed by atoms with E-state index in [1.807, 2.05) is 0 Å². The number of ether oxygens (including phenoxy) is 1. The van der Waals surface area contributed by atoms with Gasteiger partial charge in [-0.2, -0.15) is 8.78 Å². The van der Waals surface area contributed by atoms with E-state index in [4.69, 9.17) is 5.14 Å². The summed E-state index contributed by atoms with van der Waals surface area (Å²) in [6.07, 6.45) is -0.000553. The van der Waals surface area contributed by atoms with Gasteiger partial charge in [0.05, 0.1) is 11.4 Å². The fraction of sp³-hybridized carbons (Fsp3) is 0.417. The molecular weight excluding hydrogens is 306 g/mol. The van der Waals surface area contributed by atoms with Crippen molar-refractivity contribution in [1.29, 1.82) is 0 Å². The van der Waals surface area contributed by atoms with Crippen molar-refractivity contribution in [1.82, 2.24) is 0 Å². The van der Waals surface area contributed by atoms with Gasteiger partial charge in [0.2, 0.25) is 15.9 Å². The summed E-state index contributed by atoms with van der Waals surface area (Å²) >= 11 is 0. The molecule has 0 aromatic heterocycles. The highest BCUT2D eigenvalue weighted by molar-refractivity contribution is 7.89. The lowest BCUT2D eigenvalue weighted by Gasteiger charge is -2.20. The minimum absolute atomic E-state index is 0.000553. The lowest BCUT2D eigenvalue weighted by Crippen LogP contribution is -2.28. The molecule has 21 heavy (non-hydrogen) atoms. The number of carbonyl (C=O) groups excluding carboxylic acids is 1. The Hall–Kier alpha value is -1.74. The van der Waals surface area contributed by atoms with Crippen LogP contribution in [0.25, 0.3) is 0 Å². The second-order valence-electron chi connectivity index (χ2n) is 4.75. The van der Waals surface area contributed by atoms with Gasteiger partial charge in [0.1, 0.15) is 5.75 Å². The lowest BCUT2D eigenvalue weighted by atomic mass is 10.1. The molecule has 1 fully saturated rings. The number of nitrogens with zero attached hydrogens (tertiary/aromatic N) is 1. The number of sulfonamides is 1. The zero-order valence-electron chi connectivity index (χ0n) is 10.9. The van der Waals surface area contributed by atoms with E-state index in [0.717, 1.165) is 0 Å². The summed E-state index contributed by atoms with van der Waals surface area (Å²) < 4.78 is 51.2. The number of primary sulfonamides is 1. The zero-order valence-corrected chi connectivity index (χ0v) is 11.7. The van der Waals surface area contributed by atoms with Crippen molar-refractivity contribution in [3.63, 3.8) is 0 Å². The molecule has 0 aliphatic carbocycles. The number of anilines is 1. The van der Waals surface area contributed by atoms with Crippen molar-refractivity contribution in [2.24, 2.45) is 11.1 Å². The average molecular weight is 320 g/mol. The van der Waals surface area contributed by atoms with Crippen LogP contribution in [0.1, 0.15) is 6.42 Å². The largest absolute Gasteiger partial charge is 0.433 e. The first-order chi connectivity index (χ1) is 9.76. The van der Waals surface area contributed by atoms with E-state index >= 15 is 0 Å². The molecule has 0 bridgehead atoms. The molecule has 1 aromatic carbocycles. The minimum Gasteiger partial charge on any atom is -0.433 e. The van der Waals surface area contributed by atoms with Gasteiger partial charge in [-0.1, -0.05) is 12.1 Å². The number of hydrogen-bond acceptors (Lipinski definition) is 4. The van der Waals surface area contributed by atoms with Crippen LogP contribution in [-0.2, 0) is 14.8 Å². The van der Waals surface area contributed by atoms with E-state index in [2.05, 4.69) is 4.74 Å². The van der Waals surface area contributed by atoms with Crippen molar-refractivity contribution in [2.75, 3.05) is 17.2 Å². The number of halogens is 2. The van der Waals surface area contributed by atoms with Crippen molar-refractivity contribution in [3.05, 3.63) is 24.3 Å². The molecule has 2 rings (SSSR count). The maximum Gasteiger partial charge on any atom is 0.387 e. The highest BCUT2D eigenvalue weighted by Gasteiger charge is 2.34. The van der Waals surface area contributed by atoms with Gasteiger partial charge in [0.15, 0.2) is 0 Å². The number of benzene rings is 1. The Morgan fingerprint density at radius 2 is 2.05 bits per heavy atom. The standard InChI is InChI=1S/C12H14F2N2O4S/c13-12(14)20-10-4-2-1-3-9(10)16-6-8(5-11(16)17)7-21(15,18)19/h1-4,8,12H,5-7H2,(H2,15,18,19). The topological polar surface area (TPSA) is 89.7 Å². The van der Waals surface area contributed by atoms with Gasteiger partial charge in [-0.25, -0.2) is 13.6 Å². The second kappa shape index (κ2) is 5.94. The average Bonchev–Trinajstić information content (AvgIpc) is 2.67. The Labute approximate surface area is 120 Å². The molecule has 1 atom stereocenters. The van der Waals surface area contributed by atoms with Gasteiger partial charge in [-0.05, 0) is 12.1 Å². The molecule has 1 aliphatic rings. The number of hydrogen-bond donors (Lipinski definition) is 1. The SMILES string of the molecule is NS(=O)(=O)CC1CC(=O)N(c2ccccc2OC(F)F)C1. The van der Waals surface area contributed by atoms with Crippen LogP contribution in [-0.4, -0.2) is 33.2 Å². The van der Waals surface area contributed by atoms with Gasteiger partial charge in [0.25, 0.3) is 0 Å². The quantitative estimate of drug-likeness (QED) is 0.874. The minimum atomic E-state index is -3.70. The maximum absolute atomic E-state index is 12.4. The Bertz CT molecular complexity index is 636. The summed E-state index contributed by atoms with van der Waals surface area (Å²) in [6, 6.07) is 5.87. The predicted molar refractivity (Wildman–Crippen MR) is 71.5 cm³/mol. The van der Waals surface area contributed by atoms with Crippen molar-refractivity contribution in [2.45, 2.75) is 13.0 Å². The van der Waals surface area contributed by atoms with Crippen LogP contribution in [0.15, 0.2) is 24.3 Å². The molecule has 1 amide bonds. The smallest absolute Gasteiger partial charge is 0.387 e. The van der Waals surface area contributed by atoms with E-state index in [1.165, 1.54) is 23.1 Å². The number of para-hydroxylation sites is 2. The third kappa shape index (κ3) is 4.11. The number of amides is 1. The Morgan fingerprint density at radius 3 is 2.67 bits per heavy atom. The number of nitrogens with two attached hydrogens (primary N) is 1. The Balaban J connectivity index is 2.21. The summed E-state index contributed by atoms with van der Waals surface area (Å²) in [7, 11) is -3.70. The molecule has 1 aliphatic heterocycles. The first-order valence-electron chi connectivity index (χ1n) is 6.11. The van der Waals surface area contributed by atoms with Crippen molar-refractivity contribution < 1.29 is 26.7 Å². The molecule has 9 heteroatoms. The molecule has 1 saturated heterocycles. The highest BCUT2D eigenvalue weighted by atomic mass is 32.2. The fourth-order valence-corrected chi connectivity index (χ4v) is 3.21. The normalized spacial score (nSPS) is 19.3. The van der Waals surface area contributed by atoms with Crippen LogP contribution in [0.4, 0.5) is 14.5 Å². The molecular formula is C12H14F2N2O4S. The fourth-order valence-electron chi connectivity index (χ4n) is 2.33. The van der Waals surface area contributed by atoms with E-state index in [1.54, 1.807) is 6.07 Å². The molecule has 1 aromatic rings. The Kier molecular flexibility index (Phi) is 4.43. The summed E-state index contributed by atoms with van der Waals surface area (Å²) in [4.78, 5) is 13.2. The molecule has 2 N–H and O–H groups in total. The first-order valence-corrected chi connectivity index (χ1v) is 7.82. The summed E-state index contributed by atoms with van der Waals surface area (Å²) in [5.41, 5.74) is 0.194. The van der Waals surface area contributed by atoms with E-state index in [-0.39, 0.29) is 36.1 Å². The molecule has 0 radical (unpaired) electrons. The van der Waals surface area contributed by atoms with Gasteiger partial charge in [0, 0.05) is 18.9 Å². The summed E-state index contributed by atoms with van der Waals surface area (Å²) in [6.45, 7) is -2.91. The van der Waals surface area contributed by atoms with E-state index < -0.39 is 22.6 Å². The van der Waals surface area contributed by atoms with Crippen LogP contribution in [0.2, 0.25) is 0 Å². The summed E-state index contributed by atoms with van der Waals surface area (Å²) in [5.74, 6) is -1.27. The van der Waals surface area contributed by atoms with Crippen LogP contribution in [0.5, 0.6) is 5.75 Å². The van der Waals surface area contributed by atoms with Crippen LogP contribution in [0.3, 0.4) is 0 Å². The molecule has 1 heterocycles. The van der Waals surface area contributed by atoms with E-state index in [9.17, 15) is 22.0 Å². The monoisotopic (exact) mass is 320 g/mol. The molecule has 0 spiro atoms. The highest BCUT2D eigenvalue weighted by Crippen LogP contribution is 2.34. The maximum atomic E-state index is 12.4. The molecule has 0 saturated carbocycles. The van der Waals surface area contributed by atoms with Crippen molar-refractivity contribution >= 4 is 21.6 Å². The van der Waals surface area contributed by atoms with Gasteiger partial charge < -0.3 is 9.64 Å². The van der Waals surface area contributed by atoms with Crippen molar-refractivity contribution in [3.8, 4) is 5.75 Å². The zero-order chi connectivity index (χ0) is 15.6. The molecule has 116 valence electrons. The number of alkyl halides is 2. The van der Waals surface area contributed by atoms with Crippen LogP contribution >= 0.6 is 0 Å². The summed E-state index contributed by atoms with van der Waals surface area (Å²) in [5, 5.41) is 4.96. The molecule has 1 unspecified atom stereocenters. The van der Waals surface area contributed by atoms with Gasteiger partial charge in [-0.15, -0.1) is 0 Å². The van der Waals surface area contributed by atoms with E-state index in [0.29, 0.717) is 0 Å². The molecule has 6 nitrogen and oxygen atoms in total. The van der Waals surface area contributed by atoms with Crippen LogP contribution < -0.4 is 14.8 Å². The predicted octanol–water partition coefficient (Wildman–Crippen LogP) is 0.929. The second-order valence-corrected chi connectivity index (χ2v) is 6.41. The third-order valence-electron chi connectivity index (χ3n) is 3.05. The first kappa shape index (κ1) is 15.6. The van der Waals surface area contributed by atoms with Crippen LogP contribution in [0, 0.1) is 5.92 Å². The third-order valence-corrected chi connectivity index (χ3v) is 3.98. The number of carbonyl (C=O) groups is 1. The number of rotatable bonds is 5. The van der Waals surface area contributed by atoms with Gasteiger partial charge >= 0.3 is 6.61 Å².